The number of thioether (sulfide) groups is 2. The van der Waals surface area contributed by atoms with Crippen LogP contribution in [0.4, 0.5) is 5.69 Å². The third kappa shape index (κ3) is 4.21. The maximum atomic E-state index is 12.3. The number of para-hydroxylation sites is 1. The van der Waals surface area contributed by atoms with E-state index in [-0.39, 0.29) is 11.2 Å². The molecule has 1 N–H and O–H groups in total. The number of hydrogen-bond acceptors (Lipinski definition) is 6. The highest BCUT2D eigenvalue weighted by atomic mass is 32.2. The Kier molecular flexibility index (Phi) is 5.66. The molecule has 0 unspecified atom stereocenters. The van der Waals surface area contributed by atoms with Crippen molar-refractivity contribution < 1.29 is 4.79 Å². The summed E-state index contributed by atoms with van der Waals surface area (Å²) in [5, 5.41) is 10.9. The minimum Gasteiger partial charge on any atom is -0.325 e. The summed E-state index contributed by atoms with van der Waals surface area (Å²) in [5.74, 6) is -0.0155. The van der Waals surface area contributed by atoms with Gasteiger partial charge in [0.2, 0.25) is 5.91 Å². The summed E-state index contributed by atoms with van der Waals surface area (Å²) < 4.78 is 1.74. The van der Waals surface area contributed by atoms with E-state index < -0.39 is 0 Å². The minimum atomic E-state index is -0.216. The van der Waals surface area contributed by atoms with E-state index in [4.69, 9.17) is 0 Å². The van der Waals surface area contributed by atoms with Crippen LogP contribution in [0.2, 0.25) is 0 Å². The fraction of sp³-hybridized carbons (Fsp3) is 0.357. The molecule has 1 aromatic heterocycles. The molecule has 0 spiro atoms. The fourth-order valence-corrected chi connectivity index (χ4v) is 4.35. The fourth-order valence-electron chi connectivity index (χ4n) is 1.77. The van der Waals surface area contributed by atoms with Crippen molar-refractivity contribution in [2.24, 2.45) is 0 Å². The average molecular weight is 340 g/mol. The van der Waals surface area contributed by atoms with Crippen LogP contribution < -0.4 is 5.32 Å². The Morgan fingerprint density at radius 1 is 1.24 bits per heavy atom. The smallest absolute Gasteiger partial charge is 0.237 e. The zero-order valence-corrected chi connectivity index (χ0v) is 14.8. The molecule has 4 nitrogen and oxygen atoms in total. The predicted molar refractivity (Wildman–Crippen MR) is 91.6 cm³/mol. The van der Waals surface area contributed by atoms with Gasteiger partial charge in [-0.3, -0.25) is 4.79 Å². The third-order valence-electron chi connectivity index (χ3n) is 2.94. The van der Waals surface area contributed by atoms with Gasteiger partial charge in [0.05, 0.1) is 5.25 Å². The second kappa shape index (κ2) is 7.29. The second-order valence-electron chi connectivity index (χ2n) is 4.55. The molecule has 0 bridgehead atoms. The molecule has 2 rings (SSSR count). The summed E-state index contributed by atoms with van der Waals surface area (Å²) in [5.41, 5.74) is 3.04. The molecule has 0 aliphatic rings. The Labute approximate surface area is 137 Å². The van der Waals surface area contributed by atoms with Crippen LogP contribution in [-0.4, -0.2) is 27.6 Å². The van der Waals surface area contributed by atoms with Gasteiger partial charge in [-0.25, -0.2) is 0 Å². The highest BCUT2D eigenvalue weighted by molar-refractivity contribution is 8.03. The molecule has 0 saturated carbocycles. The van der Waals surface area contributed by atoms with E-state index >= 15 is 0 Å². The molecule has 0 fully saturated rings. The van der Waals surface area contributed by atoms with Crippen LogP contribution in [0.3, 0.4) is 0 Å². The highest BCUT2D eigenvalue weighted by Gasteiger charge is 2.18. The van der Waals surface area contributed by atoms with Crippen LogP contribution in [-0.2, 0) is 4.79 Å². The maximum Gasteiger partial charge on any atom is 0.237 e. The van der Waals surface area contributed by atoms with E-state index in [1.54, 1.807) is 11.8 Å². The van der Waals surface area contributed by atoms with Gasteiger partial charge in [0.15, 0.2) is 8.68 Å². The van der Waals surface area contributed by atoms with Crippen LogP contribution >= 0.6 is 34.9 Å². The second-order valence-corrected chi connectivity index (χ2v) is 8.17. The molecule has 0 radical (unpaired) electrons. The van der Waals surface area contributed by atoms with Crippen molar-refractivity contribution in [3.8, 4) is 0 Å². The molecule has 0 aliphatic heterocycles. The summed E-state index contributed by atoms with van der Waals surface area (Å²) in [6.07, 6.45) is 1.96. The zero-order chi connectivity index (χ0) is 15.4. The van der Waals surface area contributed by atoms with Gasteiger partial charge in [0, 0.05) is 5.69 Å². The summed E-state index contributed by atoms with van der Waals surface area (Å²) in [4.78, 5) is 12.3. The quantitative estimate of drug-likeness (QED) is 0.835. The van der Waals surface area contributed by atoms with E-state index in [0.29, 0.717) is 0 Å². The summed E-state index contributed by atoms with van der Waals surface area (Å²) in [6.45, 7) is 5.87. The number of hydrogen-bond donors (Lipinski definition) is 1. The number of amides is 1. The van der Waals surface area contributed by atoms with E-state index in [1.807, 2.05) is 45.2 Å². The lowest BCUT2D eigenvalue weighted by Gasteiger charge is -2.14. The number of benzene rings is 1. The van der Waals surface area contributed by atoms with Crippen LogP contribution in [0, 0.1) is 13.8 Å². The summed E-state index contributed by atoms with van der Waals surface area (Å²) >= 11 is 4.52. The number of nitrogens with zero attached hydrogens (tertiary/aromatic N) is 2. The topological polar surface area (TPSA) is 54.9 Å². The highest BCUT2D eigenvalue weighted by Crippen LogP contribution is 2.31. The first kappa shape index (κ1) is 16.3. The average Bonchev–Trinajstić information content (AvgIpc) is 2.90. The van der Waals surface area contributed by atoms with Crippen LogP contribution in [0.5, 0.6) is 0 Å². The number of aromatic nitrogens is 2. The number of aryl methyl sites for hydroxylation is 2. The Bertz CT molecular complexity index is 622. The number of carbonyl (C=O) groups is 1. The SMILES string of the molecule is CSc1nnc(S[C@H](C)C(=O)Nc2c(C)cccc2C)s1. The van der Waals surface area contributed by atoms with E-state index in [0.717, 1.165) is 25.5 Å². The van der Waals surface area contributed by atoms with Gasteiger partial charge in [-0.05, 0) is 38.2 Å². The van der Waals surface area contributed by atoms with Crippen molar-refractivity contribution in [2.75, 3.05) is 11.6 Å². The lowest BCUT2D eigenvalue weighted by molar-refractivity contribution is -0.115. The van der Waals surface area contributed by atoms with Gasteiger partial charge in [0.1, 0.15) is 0 Å². The van der Waals surface area contributed by atoms with Crippen molar-refractivity contribution in [3.63, 3.8) is 0 Å². The number of anilines is 1. The Morgan fingerprint density at radius 2 is 1.86 bits per heavy atom. The van der Waals surface area contributed by atoms with Crippen LogP contribution in [0.15, 0.2) is 26.9 Å². The zero-order valence-electron chi connectivity index (χ0n) is 12.3. The Balaban J connectivity index is 2.02. The molecule has 0 aliphatic carbocycles. The Morgan fingerprint density at radius 3 is 2.43 bits per heavy atom. The predicted octanol–water partition coefficient (Wildman–Crippen LogP) is 4.00. The van der Waals surface area contributed by atoms with Crippen molar-refractivity contribution in [1.29, 1.82) is 0 Å². The molecule has 1 aromatic carbocycles. The van der Waals surface area contributed by atoms with Gasteiger partial charge in [0.25, 0.3) is 0 Å². The summed E-state index contributed by atoms with van der Waals surface area (Å²) in [7, 11) is 0. The number of carbonyl (C=O) groups excluding carboxylic acids is 1. The molecule has 2 aromatic rings. The number of nitrogens with one attached hydrogen (secondary N) is 1. The third-order valence-corrected chi connectivity index (χ3v) is 6.02. The van der Waals surface area contributed by atoms with E-state index in [1.165, 1.54) is 23.1 Å². The lowest BCUT2D eigenvalue weighted by Crippen LogP contribution is -2.23. The molecule has 7 heteroatoms. The molecule has 1 heterocycles. The molecule has 112 valence electrons. The maximum absolute atomic E-state index is 12.3. The molecular formula is C14H17N3OS3. The first-order valence-corrected chi connectivity index (χ1v) is 9.34. The largest absolute Gasteiger partial charge is 0.325 e. The van der Waals surface area contributed by atoms with Gasteiger partial charge < -0.3 is 5.32 Å². The van der Waals surface area contributed by atoms with Crippen molar-refractivity contribution in [3.05, 3.63) is 29.3 Å². The van der Waals surface area contributed by atoms with Crippen molar-refractivity contribution >= 4 is 46.5 Å². The monoisotopic (exact) mass is 339 g/mol. The van der Waals surface area contributed by atoms with Crippen LogP contribution in [0.1, 0.15) is 18.1 Å². The van der Waals surface area contributed by atoms with Crippen molar-refractivity contribution in [1.82, 2.24) is 10.2 Å². The minimum absolute atomic E-state index is 0.0155. The molecule has 1 amide bonds. The van der Waals surface area contributed by atoms with E-state index in [9.17, 15) is 4.79 Å². The first-order valence-electron chi connectivity index (χ1n) is 6.42. The Hall–Kier alpha value is -1.05. The van der Waals surface area contributed by atoms with Crippen LogP contribution in [0.25, 0.3) is 0 Å². The molecule has 0 saturated heterocycles. The lowest BCUT2D eigenvalue weighted by atomic mass is 10.1. The van der Waals surface area contributed by atoms with Gasteiger partial charge in [-0.1, -0.05) is 53.1 Å². The standard InChI is InChI=1S/C14H17N3OS3/c1-8-6-5-7-9(2)11(8)15-12(18)10(3)20-14-17-16-13(19-4)21-14/h5-7,10H,1-4H3,(H,15,18)/t10-/m1/s1. The number of rotatable bonds is 5. The van der Waals surface area contributed by atoms with Gasteiger partial charge >= 0.3 is 0 Å². The first-order chi connectivity index (χ1) is 10.0. The molecule has 1 atom stereocenters. The van der Waals surface area contributed by atoms with Crippen molar-refractivity contribution in [2.45, 2.75) is 34.7 Å². The normalized spacial score (nSPS) is 12.2. The molecule has 21 heavy (non-hydrogen) atoms. The van der Waals surface area contributed by atoms with Gasteiger partial charge in [-0.15, -0.1) is 10.2 Å². The van der Waals surface area contributed by atoms with E-state index in [2.05, 4.69) is 15.5 Å². The van der Waals surface area contributed by atoms with Gasteiger partial charge in [-0.2, -0.15) is 0 Å². The summed E-state index contributed by atoms with van der Waals surface area (Å²) in [6, 6.07) is 5.98. The molecular weight excluding hydrogens is 322 g/mol.